The highest BCUT2D eigenvalue weighted by molar-refractivity contribution is 5.85. The average Bonchev–Trinajstić information content (AvgIpc) is 1.81. The number of carbonyl (C=O) groups excluding carboxylic acids is 1. The third-order valence-corrected chi connectivity index (χ3v) is 3.94. The smallest absolute Gasteiger partial charge is 0.139 e. The van der Waals surface area contributed by atoms with Gasteiger partial charge in [0.05, 0.1) is 5.60 Å². The van der Waals surface area contributed by atoms with Crippen molar-refractivity contribution in [3.8, 4) is 0 Å². The van der Waals surface area contributed by atoms with Gasteiger partial charge in [-0.15, -0.1) is 0 Å². The highest BCUT2D eigenvalue weighted by Gasteiger charge is 2.62. The van der Waals surface area contributed by atoms with Crippen LogP contribution in [0.3, 0.4) is 0 Å². The van der Waals surface area contributed by atoms with E-state index in [1.165, 1.54) is 0 Å². The van der Waals surface area contributed by atoms with Crippen LogP contribution in [0.1, 0.15) is 33.6 Å². The average molecular weight is 168 g/mol. The van der Waals surface area contributed by atoms with E-state index in [0.717, 1.165) is 6.42 Å². The molecule has 0 unspecified atom stereocenters. The van der Waals surface area contributed by atoms with Crippen LogP contribution in [-0.4, -0.2) is 16.5 Å². The molecule has 3 fully saturated rings. The molecule has 68 valence electrons. The summed E-state index contributed by atoms with van der Waals surface area (Å²) in [7, 11) is 0. The molecule has 0 saturated heterocycles. The minimum atomic E-state index is -0.741. The molecule has 3 rings (SSSR count). The molecule has 0 aromatic carbocycles. The number of hydrogen-bond acceptors (Lipinski definition) is 2. The monoisotopic (exact) mass is 168 g/mol. The fraction of sp³-hybridized carbons (Fsp3) is 0.900. The minimum absolute atomic E-state index is 0.0405. The third-order valence-electron chi connectivity index (χ3n) is 3.94. The summed E-state index contributed by atoms with van der Waals surface area (Å²) in [5.74, 6) is 0.808. The highest BCUT2D eigenvalue weighted by atomic mass is 16.3. The Morgan fingerprint density at radius 2 is 2.00 bits per heavy atom. The van der Waals surface area contributed by atoms with Crippen LogP contribution < -0.4 is 0 Å². The Kier molecular flexibility index (Phi) is 1.32. The first kappa shape index (κ1) is 8.24. The van der Waals surface area contributed by atoms with Crippen molar-refractivity contribution in [2.75, 3.05) is 0 Å². The van der Waals surface area contributed by atoms with Gasteiger partial charge >= 0.3 is 0 Å². The Morgan fingerprint density at radius 1 is 1.42 bits per heavy atom. The van der Waals surface area contributed by atoms with E-state index in [1.807, 2.05) is 0 Å². The quantitative estimate of drug-likeness (QED) is 0.593. The molecule has 12 heavy (non-hydrogen) atoms. The van der Waals surface area contributed by atoms with Crippen LogP contribution in [0.5, 0.6) is 0 Å². The summed E-state index contributed by atoms with van der Waals surface area (Å²) in [5, 5.41) is 9.97. The van der Waals surface area contributed by atoms with Crippen molar-refractivity contribution in [3.05, 3.63) is 0 Å². The molecule has 0 amide bonds. The fourth-order valence-electron chi connectivity index (χ4n) is 3.13. The van der Waals surface area contributed by atoms with Gasteiger partial charge in [-0.25, -0.2) is 0 Å². The van der Waals surface area contributed by atoms with E-state index in [4.69, 9.17) is 0 Å². The highest BCUT2D eigenvalue weighted by Crippen LogP contribution is 2.61. The molecule has 2 heteroatoms. The molecule has 3 atom stereocenters. The Morgan fingerprint density at radius 3 is 2.33 bits per heavy atom. The predicted molar refractivity (Wildman–Crippen MR) is 45.6 cm³/mol. The third kappa shape index (κ3) is 0.764. The van der Waals surface area contributed by atoms with Crippen molar-refractivity contribution >= 4 is 5.78 Å². The van der Waals surface area contributed by atoms with Crippen molar-refractivity contribution < 1.29 is 9.90 Å². The number of aliphatic hydroxyl groups is 1. The fourth-order valence-corrected chi connectivity index (χ4v) is 3.13. The number of carbonyl (C=O) groups is 1. The molecule has 2 nitrogen and oxygen atoms in total. The van der Waals surface area contributed by atoms with Crippen LogP contribution in [-0.2, 0) is 4.79 Å². The second-order valence-electron chi connectivity index (χ2n) is 5.16. The zero-order valence-corrected chi connectivity index (χ0v) is 7.92. The van der Waals surface area contributed by atoms with E-state index in [1.54, 1.807) is 6.92 Å². The molecular weight excluding hydrogens is 152 g/mol. The normalized spacial score (nSPS) is 50.2. The predicted octanol–water partition coefficient (Wildman–Crippen LogP) is 1.37. The first-order chi connectivity index (χ1) is 5.36. The largest absolute Gasteiger partial charge is 0.389 e. The molecule has 0 aromatic rings. The molecule has 0 radical (unpaired) electrons. The maximum atomic E-state index is 11.5. The van der Waals surface area contributed by atoms with Gasteiger partial charge in [-0.3, -0.25) is 4.79 Å². The summed E-state index contributed by atoms with van der Waals surface area (Å²) >= 11 is 0. The SMILES string of the molecule is CC1(C)[C@@H]2C[C@@H]1[C@@](C)(O)CC2=O. The second-order valence-corrected chi connectivity index (χ2v) is 5.16. The van der Waals surface area contributed by atoms with E-state index in [-0.39, 0.29) is 17.1 Å². The molecule has 3 aliphatic carbocycles. The first-order valence-electron chi connectivity index (χ1n) is 4.61. The lowest BCUT2D eigenvalue weighted by atomic mass is 9.44. The van der Waals surface area contributed by atoms with Gasteiger partial charge in [0.15, 0.2) is 0 Å². The molecule has 2 bridgehead atoms. The number of ketones is 1. The van der Waals surface area contributed by atoms with Gasteiger partial charge in [0.25, 0.3) is 0 Å². The van der Waals surface area contributed by atoms with E-state index in [2.05, 4.69) is 13.8 Å². The summed E-state index contributed by atoms with van der Waals surface area (Å²) in [4.78, 5) is 11.5. The van der Waals surface area contributed by atoms with Crippen molar-refractivity contribution in [1.29, 1.82) is 0 Å². The number of fused-ring (bicyclic) bond motifs is 2. The molecule has 3 aliphatic rings. The van der Waals surface area contributed by atoms with Crippen molar-refractivity contribution in [3.63, 3.8) is 0 Å². The van der Waals surface area contributed by atoms with Gasteiger partial charge in [-0.05, 0) is 24.7 Å². The van der Waals surface area contributed by atoms with Crippen molar-refractivity contribution in [2.45, 2.75) is 39.2 Å². The van der Waals surface area contributed by atoms with Crippen LogP contribution in [0.25, 0.3) is 0 Å². The van der Waals surface area contributed by atoms with Gasteiger partial charge in [0, 0.05) is 12.3 Å². The molecule has 0 aromatic heterocycles. The number of rotatable bonds is 0. The summed E-state index contributed by atoms with van der Waals surface area (Å²) in [6.45, 7) is 5.99. The lowest BCUT2D eigenvalue weighted by molar-refractivity contribution is -0.194. The van der Waals surface area contributed by atoms with Crippen molar-refractivity contribution in [2.24, 2.45) is 17.3 Å². The van der Waals surface area contributed by atoms with E-state index in [0.29, 0.717) is 12.3 Å². The van der Waals surface area contributed by atoms with E-state index < -0.39 is 5.60 Å². The van der Waals surface area contributed by atoms with Gasteiger partial charge in [-0.1, -0.05) is 13.8 Å². The lowest BCUT2D eigenvalue weighted by Gasteiger charge is -2.61. The summed E-state index contributed by atoms with van der Waals surface area (Å²) in [6, 6.07) is 0. The van der Waals surface area contributed by atoms with Crippen LogP contribution in [0, 0.1) is 17.3 Å². The molecule has 0 aliphatic heterocycles. The summed E-state index contributed by atoms with van der Waals surface area (Å²) in [6.07, 6.45) is 1.27. The maximum absolute atomic E-state index is 11.5. The Bertz CT molecular complexity index is 232. The van der Waals surface area contributed by atoms with Crippen LogP contribution >= 0.6 is 0 Å². The molecule has 3 saturated carbocycles. The molecular formula is C10H16O2. The van der Waals surface area contributed by atoms with Crippen LogP contribution in [0.4, 0.5) is 0 Å². The minimum Gasteiger partial charge on any atom is -0.389 e. The van der Waals surface area contributed by atoms with Gasteiger partial charge in [0.2, 0.25) is 0 Å². The number of hydrogen-bond donors (Lipinski definition) is 1. The molecule has 0 spiro atoms. The zero-order chi connectivity index (χ0) is 9.15. The summed E-state index contributed by atoms with van der Waals surface area (Å²) in [5.41, 5.74) is -0.700. The zero-order valence-electron chi connectivity index (χ0n) is 7.92. The van der Waals surface area contributed by atoms with Crippen molar-refractivity contribution in [1.82, 2.24) is 0 Å². The molecule has 1 N–H and O–H groups in total. The Hall–Kier alpha value is -0.370. The van der Waals surface area contributed by atoms with E-state index >= 15 is 0 Å². The van der Waals surface area contributed by atoms with Gasteiger partial charge in [-0.2, -0.15) is 0 Å². The standard InChI is InChI=1S/C10H16O2/c1-9(2)6-4-8(9)10(3,12)5-7(6)11/h6,8,12H,4-5H2,1-3H3/t6-,8+,10+/m1/s1. The van der Waals surface area contributed by atoms with E-state index in [9.17, 15) is 9.90 Å². The first-order valence-corrected chi connectivity index (χ1v) is 4.61. The second kappa shape index (κ2) is 1.92. The number of Topliss-reactive ketones (excluding diaryl/α,β-unsaturated/α-hetero) is 1. The summed E-state index contributed by atoms with van der Waals surface area (Å²) < 4.78 is 0. The molecule has 0 heterocycles. The Labute approximate surface area is 73.0 Å². The van der Waals surface area contributed by atoms with Gasteiger partial charge in [0.1, 0.15) is 5.78 Å². The van der Waals surface area contributed by atoms with Gasteiger partial charge < -0.3 is 5.11 Å². The topological polar surface area (TPSA) is 37.3 Å². The van der Waals surface area contributed by atoms with Crippen LogP contribution in [0.15, 0.2) is 0 Å². The Balaban J connectivity index is 2.34. The maximum Gasteiger partial charge on any atom is 0.139 e. The van der Waals surface area contributed by atoms with Crippen LogP contribution in [0.2, 0.25) is 0 Å². The lowest BCUT2D eigenvalue weighted by Crippen LogP contribution is -2.64.